The van der Waals surface area contributed by atoms with Gasteiger partial charge in [-0.25, -0.2) is 0 Å². The van der Waals surface area contributed by atoms with Gasteiger partial charge in [-0.2, -0.15) is 0 Å². The zero-order valence-corrected chi connectivity index (χ0v) is 24.8. The van der Waals surface area contributed by atoms with Gasteiger partial charge in [-0.15, -0.1) is 0 Å². The second-order valence-corrected chi connectivity index (χ2v) is 16.9. The maximum atomic E-state index is 4.95. The molecule has 1 aromatic heterocycles. The highest BCUT2D eigenvalue weighted by atomic mass is 28.3. The minimum Gasteiger partial charge on any atom is -0.256 e. The molecule has 0 radical (unpaired) electrons. The van der Waals surface area contributed by atoms with Crippen LogP contribution in [0.4, 0.5) is 0 Å². The zero-order chi connectivity index (χ0) is 26.4. The van der Waals surface area contributed by atoms with Gasteiger partial charge in [0.2, 0.25) is 6.71 Å². The molecule has 4 rings (SSSR count). The van der Waals surface area contributed by atoms with Gasteiger partial charge in [0, 0.05) is 6.20 Å². The van der Waals surface area contributed by atoms with E-state index < -0.39 is 8.07 Å². The molecule has 184 valence electrons. The number of nitrogens with zero attached hydrogens (tertiary/aromatic N) is 1. The van der Waals surface area contributed by atoms with Gasteiger partial charge >= 0.3 is 0 Å². The molecule has 0 aliphatic carbocycles. The van der Waals surface area contributed by atoms with E-state index in [-0.39, 0.29) is 6.71 Å². The zero-order valence-electron chi connectivity index (χ0n) is 23.8. The van der Waals surface area contributed by atoms with Crippen molar-refractivity contribution in [2.75, 3.05) is 0 Å². The van der Waals surface area contributed by atoms with Crippen LogP contribution in [0.1, 0.15) is 38.9 Å². The quantitative estimate of drug-likeness (QED) is 0.315. The van der Waals surface area contributed by atoms with Crippen LogP contribution in [0.25, 0.3) is 11.3 Å². The molecular formula is C33H40BNSi. The third-order valence-corrected chi connectivity index (χ3v) is 9.63. The highest BCUT2D eigenvalue weighted by Gasteiger charge is 2.29. The number of hydrogen-bond donors (Lipinski definition) is 0. The van der Waals surface area contributed by atoms with E-state index in [1.54, 1.807) is 0 Å². The fourth-order valence-corrected chi connectivity index (χ4v) is 7.85. The number of pyridine rings is 1. The summed E-state index contributed by atoms with van der Waals surface area (Å²) in [6.45, 7) is 23.0. The molecule has 0 bridgehead atoms. The van der Waals surface area contributed by atoms with Crippen LogP contribution in [0, 0.1) is 48.5 Å². The third kappa shape index (κ3) is 5.13. The third-order valence-electron chi connectivity index (χ3n) is 7.49. The molecule has 0 spiro atoms. The fourth-order valence-electron chi connectivity index (χ4n) is 6.15. The molecule has 1 nitrogen and oxygen atoms in total. The number of rotatable bonds is 5. The molecule has 0 amide bonds. The number of benzene rings is 3. The summed E-state index contributed by atoms with van der Waals surface area (Å²) >= 11 is 0. The van der Waals surface area contributed by atoms with E-state index in [0.717, 1.165) is 5.69 Å². The summed E-state index contributed by atoms with van der Waals surface area (Å²) in [4.78, 5) is 4.95. The molecule has 0 aliphatic rings. The van der Waals surface area contributed by atoms with Crippen molar-refractivity contribution < 1.29 is 0 Å². The van der Waals surface area contributed by atoms with E-state index in [1.165, 1.54) is 66.1 Å². The maximum Gasteiger partial charge on any atom is 0.242 e. The van der Waals surface area contributed by atoms with E-state index in [0.29, 0.717) is 0 Å². The predicted molar refractivity (Wildman–Crippen MR) is 163 cm³/mol. The summed E-state index contributed by atoms with van der Waals surface area (Å²) in [7, 11) is -1.42. The van der Waals surface area contributed by atoms with E-state index in [9.17, 15) is 0 Å². The smallest absolute Gasteiger partial charge is 0.242 e. The Morgan fingerprint density at radius 2 is 1.11 bits per heavy atom. The van der Waals surface area contributed by atoms with Crippen molar-refractivity contribution in [3.8, 4) is 11.3 Å². The molecule has 0 N–H and O–H groups in total. The normalized spacial score (nSPS) is 11.6. The molecule has 0 atom stereocenters. The monoisotopic (exact) mass is 489 g/mol. The summed E-state index contributed by atoms with van der Waals surface area (Å²) in [6, 6.07) is 20.7. The first-order chi connectivity index (χ1) is 16.9. The molecule has 36 heavy (non-hydrogen) atoms. The Balaban J connectivity index is 1.94. The van der Waals surface area contributed by atoms with Crippen LogP contribution in [0.2, 0.25) is 19.6 Å². The van der Waals surface area contributed by atoms with Crippen LogP contribution in [0.5, 0.6) is 0 Å². The van der Waals surface area contributed by atoms with Crippen molar-refractivity contribution >= 4 is 36.4 Å². The van der Waals surface area contributed by atoms with Crippen LogP contribution in [-0.4, -0.2) is 19.8 Å². The van der Waals surface area contributed by atoms with Gasteiger partial charge in [0.25, 0.3) is 0 Å². The van der Waals surface area contributed by atoms with Crippen LogP contribution in [0.3, 0.4) is 0 Å². The topological polar surface area (TPSA) is 12.9 Å². The number of hydrogen-bond acceptors (Lipinski definition) is 1. The van der Waals surface area contributed by atoms with Crippen LogP contribution in [-0.2, 0) is 0 Å². The minimum atomic E-state index is -1.42. The summed E-state index contributed by atoms with van der Waals surface area (Å²) in [5.41, 5.74) is 15.8. The molecule has 3 heteroatoms. The fraction of sp³-hybridized carbons (Fsp3) is 0.303. The van der Waals surface area contributed by atoms with Crippen molar-refractivity contribution in [2.24, 2.45) is 0 Å². The van der Waals surface area contributed by atoms with Crippen LogP contribution in [0.15, 0.2) is 60.8 Å². The molecule has 0 saturated carbocycles. The van der Waals surface area contributed by atoms with Crippen molar-refractivity contribution in [1.29, 1.82) is 0 Å². The van der Waals surface area contributed by atoms with E-state index in [1.807, 2.05) is 0 Å². The van der Waals surface area contributed by atoms with Crippen molar-refractivity contribution in [3.63, 3.8) is 0 Å². The minimum absolute atomic E-state index is 0.175. The largest absolute Gasteiger partial charge is 0.256 e. The Labute approximate surface area is 220 Å². The van der Waals surface area contributed by atoms with E-state index in [4.69, 9.17) is 4.98 Å². The lowest BCUT2D eigenvalue weighted by Crippen LogP contribution is -2.55. The van der Waals surface area contributed by atoms with Gasteiger partial charge in [-0.3, -0.25) is 4.98 Å². The van der Waals surface area contributed by atoms with E-state index in [2.05, 4.69) is 129 Å². The lowest BCUT2D eigenvalue weighted by atomic mass is 9.34. The van der Waals surface area contributed by atoms with Gasteiger partial charge in [0.1, 0.15) is 0 Å². The summed E-state index contributed by atoms with van der Waals surface area (Å²) in [5, 5.41) is 1.44. The highest BCUT2D eigenvalue weighted by Crippen LogP contribution is 2.19. The average molecular weight is 490 g/mol. The summed E-state index contributed by atoms with van der Waals surface area (Å²) in [6.07, 6.45) is 2.13. The first-order valence-corrected chi connectivity index (χ1v) is 16.6. The first-order valence-electron chi connectivity index (χ1n) is 13.1. The Bertz CT molecular complexity index is 1340. The standard InChI is InChI=1S/C33H40BNSi/c1-21-14-24(4)32(25(5)15-21)34(33-26(6)16-22(2)17-27(33)7)29-13-11-12-28(19-29)30-18-23(3)31(20-35-30)36(8,9)10/h11-20H,1-10H3. The van der Waals surface area contributed by atoms with Crippen molar-refractivity contribution in [2.45, 2.75) is 68.1 Å². The molecule has 0 saturated heterocycles. The molecule has 0 aliphatic heterocycles. The molecule has 0 fully saturated rings. The SMILES string of the molecule is Cc1cc(C)c(B(c2cccc(-c3cc(C)c([Si](C)(C)C)cn3)c2)c2c(C)cc(C)cc2C)c(C)c1. The highest BCUT2D eigenvalue weighted by molar-refractivity contribution is 6.96. The summed E-state index contributed by atoms with van der Waals surface area (Å²) < 4.78 is 0. The van der Waals surface area contributed by atoms with Gasteiger partial charge in [-0.05, 0) is 70.8 Å². The average Bonchev–Trinajstić information content (AvgIpc) is 2.76. The lowest BCUT2D eigenvalue weighted by molar-refractivity contribution is 1.30. The van der Waals surface area contributed by atoms with E-state index >= 15 is 0 Å². The predicted octanol–water partition coefficient (Wildman–Crippen LogP) is 5.97. The summed E-state index contributed by atoms with van der Waals surface area (Å²) in [5.74, 6) is 0. The maximum absolute atomic E-state index is 4.95. The molecule has 3 aromatic carbocycles. The second-order valence-electron chi connectivity index (χ2n) is 11.8. The van der Waals surface area contributed by atoms with Gasteiger partial charge in [0.05, 0.1) is 13.8 Å². The molecule has 1 heterocycles. The first kappa shape index (κ1) is 26.2. The second kappa shape index (κ2) is 9.86. The van der Waals surface area contributed by atoms with Gasteiger partial charge < -0.3 is 0 Å². The van der Waals surface area contributed by atoms with Crippen molar-refractivity contribution in [1.82, 2.24) is 4.98 Å². The van der Waals surface area contributed by atoms with Gasteiger partial charge in [0.15, 0.2) is 0 Å². The lowest BCUT2D eigenvalue weighted by Gasteiger charge is -2.25. The molecular weight excluding hydrogens is 449 g/mol. The molecule has 4 aromatic rings. The van der Waals surface area contributed by atoms with Crippen LogP contribution >= 0.6 is 0 Å². The van der Waals surface area contributed by atoms with Crippen molar-refractivity contribution in [3.05, 3.63) is 99.7 Å². The number of aryl methyl sites for hydroxylation is 7. The Kier molecular flexibility index (Phi) is 7.17. The Morgan fingerprint density at radius 1 is 0.611 bits per heavy atom. The Morgan fingerprint density at radius 3 is 1.56 bits per heavy atom. The Hall–Kier alpha value is -2.91. The van der Waals surface area contributed by atoms with Crippen LogP contribution < -0.4 is 21.6 Å². The van der Waals surface area contributed by atoms with Gasteiger partial charge in [-0.1, -0.05) is 118 Å². The molecule has 0 unspecified atom stereocenters. The number of aromatic nitrogens is 1.